The van der Waals surface area contributed by atoms with E-state index in [0.717, 1.165) is 44.2 Å². The topological polar surface area (TPSA) is 50.5 Å². The minimum Gasteiger partial charge on any atom is -0.399 e. The fourth-order valence-corrected chi connectivity index (χ4v) is 2.28. The van der Waals surface area contributed by atoms with Gasteiger partial charge in [0.15, 0.2) is 0 Å². The molecule has 100 valence electrons. The van der Waals surface area contributed by atoms with Crippen molar-refractivity contribution < 1.29 is 4.74 Å². The van der Waals surface area contributed by atoms with Crippen LogP contribution >= 0.6 is 0 Å². The van der Waals surface area contributed by atoms with Gasteiger partial charge in [-0.3, -0.25) is 4.90 Å². The van der Waals surface area contributed by atoms with Crippen molar-refractivity contribution in [2.24, 2.45) is 0 Å². The van der Waals surface area contributed by atoms with Gasteiger partial charge in [-0.05, 0) is 31.5 Å². The molecule has 0 amide bonds. The number of hydrogen-bond donors (Lipinski definition) is 2. The Hall–Kier alpha value is -1.26. The number of aryl methyl sites for hydroxylation is 1. The summed E-state index contributed by atoms with van der Waals surface area (Å²) in [6.45, 7) is 9.11. The minimum absolute atomic E-state index is 0.406. The van der Waals surface area contributed by atoms with Gasteiger partial charge in [-0.25, -0.2) is 0 Å². The van der Waals surface area contributed by atoms with Crippen molar-refractivity contribution in [2.75, 3.05) is 43.9 Å². The van der Waals surface area contributed by atoms with Crippen molar-refractivity contribution in [3.05, 3.63) is 23.8 Å². The lowest BCUT2D eigenvalue weighted by atomic mass is 10.1. The average Bonchev–Trinajstić information content (AvgIpc) is 2.35. The van der Waals surface area contributed by atoms with E-state index in [9.17, 15) is 0 Å². The zero-order chi connectivity index (χ0) is 13.0. The van der Waals surface area contributed by atoms with Crippen LogP contribution in [-0.2, 0) is 4.74 Å². The van der Waals surface area contributed by atoms with Crippen LogP contribution in [0.25, 0.3) is 0 Å². The number of nitrogens with two attached hydrogens (primary N) is 1. The molecule has 0 spiro atoms. The molecule has 1 aliphatic rings. The highest BCUT2D eigenvalue weighted by molar-refractivity contribution is 5.59. The molecular weight excluding hydrogens is 226 g/mol. The van der Waals surface area contributed by atoms with Gasteiger partial charge in [-0.1, -0.05) is 6.07 Å². The Balaban J connectivity index is 1.89. The van der Waals surface area contributed by atoms with E-state index in [1.165, 1.54) is 5.56 Å². The second-order valence-corrected chi connectivity index (χ2v) is 5.03. The average molecular weight is 249 g/mol. The molecule has 1 saturated heterocycles. The van der Waals surface area contributed by atoms with Crippen molar-refractivity contribution in [3.8, 4) is 0 Å². The van der Waals surface area contributed by atoms with Crippen LogP contribution in [0.15, 0.2) is 18.2 Å². The molecule has 18 heavy (non-hydrogen) atoms. The summed E-state index contributed by atoms with van der Waals surface area (Å²) in [4.78, 5) is 2.43. The Bertz CT molecular complexity index is 389. The van der Waals surface area contributed by atoms with E-state index in [1.54, 1.807) is 0 Å². The molecule has 0 saturated carbocycles. The summed E-state index contributed by atoms with van der Waals surface area (Å²) in [5.41, 5.74) is 9.00. The smallest absolute Gasteiger partial charge is 0.0594 e. The standard InChI is InChI=1S/C14H23N3O/c1-11-3-4-13(15)9-14(11)16-12(2)10-17-5-7-18-8-6-17/h3-4,9,12,16H,5-8,10,15H2,1-2H3. The highest BCUT2D eigenvalue weighted by Crippen LogP contribution is 2.19. The first-order valence-corrected chi connectivity index (χ1v) is 6.58. The lowest BCUT2D eigenvalue weighted by molar-refractivity contribution is 0.0368. The van der Waals surface area contributed by atoms with E-state index in [0.29, 0.717) is 6.04 Å². The van der Waals surface area contributed by atoms with Crippen LogP contribution < -0.4 is 11.1 Å². The predicted molar refractivity (Wildman–Crippen MR) is 75.9 cm³/mol. The van der Waals surface area contributed by atoms with Crippen LogP contribution in [0.4, 0.5) is 11.4 Å². The molecule has 4 heteroatoms. The normalized spacial score (nSPS) is 18.6. The van der Waals surface area contributed by atoms with E-state index in [4.69, 9.17) is 10.5 Å². The quantitative estimate of drug-likeness (QED) is 0.798. The van der Waals surface area contributed by atoms with Crippen molar-refractivity contribution in [2.45, 2.75) is 19.9 Å². The summed E-state index contributed by atoms with van der Waals surface area (Å²) in [6, 6.07) is 6.40. The molecule has 2 rings (SSSR count). The summed E-state index contributed by atoms with van der Waals surface area (Å²) in [5.74, 6) is 0. The van der Waals surface area contributed by atoms with Gasteiger partial charge in [-0.2, -0.15) is 0 Å². The van der Waals surface area contributed by atoms with Gasteiger partial charge in [0.1, 0.15) is 0 Å². The SMILES string of the molecule is Cc1ccc(N)cc1NC(C)CN1CCOCC1. The third-order valence-electron chi connectivity index (χ3n) is 3.30. The zero-order valence-corrected chi connectivity index (χ0v) is 11.3. The molecule has 1 unspecified atom stereocenters. The zero-order valence-electron chi connectivity index (χ0n) is 11.3. The van der Waals surface area contributed by atoms with Crippen LogP contribution in [-0.4, -0.2) is 43.8 Å². The minimum atomic E-state index is 0.406. The molecule has 0 aliphatic carbocycles. The van der Waals surface area contributed by atoms with Crippen LogP contribution in [0.3, 0.4) is 0 Å². The number of nitrogen functional groups attached to an aromatic ring is 1. The fraction of sp³-hybridized carbons (Fsp3) is 0.571. The first-order chi connectivity index (χ1) is 8.65. The number of morpholine rings is 1. The fourth-order valence-electron chi connectivity index (χ4n) is 2.28. The Morgan fingerprint density at radius 2 is 2.11 bits per heavy atom. The van der Waals surface area contributed by atoms with Gasteiger partial charge in [0.2, 0.25) is 0 Å². The number of anilines is 2. The largest absolute Gasteiger partial charge is 0.399 e. The molecule has 0 aromatic heterocycles. The number of benzene rings is 1. The molecule has 1 aliphatic heterocycles. The van der Waals surface area contributed by atoms with Crippen molar-refractivity contribution >= 4 is 11.4 Å². The summed E-state index contributed by atoms with van der Waals surface area (Å²) >= 11 is 0. The summed E-state index contributed by atoms with van der Waals surface area (Å²) in [5, 5.41) is 3.54. The van der Waals surface area contributed by atoms with Crippen molar-refractivity contribution in [1.82, 2.24) is 4.90 Å². The Labute approximate surface area is 109 Å². The van der Waals surface area contributed by atoms with Gasteiger partial charge in [0.05, 0.1) is 13.2 Å². The Morgan fingerprint density at radius 1 is 1.39 bits per heavy atom. The number of ether oxygens (including phenoxy) is 1. The van der Waals surface area contributed by atoms with E-state index in [2.05, 4.69) is 30.1 Å². The van der Waals surface area contributed by atoms with Crippen LogP contribution in [0.2, 0.25) is 0 Å². The van der Waals surface area contributed by atoms with E-state index in [1.807, 2.05) is 12.1 Å². The lowest BCUT2D eigenvalue weighted by Crippen LogP contribution is -2.42. The van der Waals surface area contributed by atoms with Crippen molar-refractivity contribution in [3.63, 3.8) is 0 Å². The molecule has 1 aromatic rings. The maximum Gasteiger partial charge on any atom is 0.0594 e. The molecule has 0 bridgehead atoms. The molecule has 1 aromatic carbocycles. The van der Waals surface area contributed by atoms with Gasteiger partial charge in [0.25, 0.3) is 0 Å². The van der Waals surface area contributed by atoms with E-state index >= 15 is 0 Å². The molecule has 1 atom stereocenters. The number of nitrogens with zero attached hydrogens (tertiary/aromatic N) is 1. The van der Waals surface area contributed by atoms with Gasteiger partial charge >= 0.3 is 0 Å². The third kappa shape index (κ3) is 3.62. The Kier molecular flexibility index (Phi) is 4.44. The second-order valence-electron chi connectivity index (χ2n) is 5.03. The number of nitrogens with one attached hydrogen (secondary N) is 1. The van der Waals surface area contributed by atoms with Crippen LogP contribution in [0.5, 0.6) is 0 Å². The van der Waals surface area contributed by atoms with Gasteiger partial charge in [0, 0.05) is 37.1 Å². The summed E-state index contributed by atoms with van der Waals surface area (Å²) in [6.07, 6.45) is 0. The first-order valence-electron chi connectivity index (χ1n) is 6.58. The van der Waals surface area contributed by atoms with E-state index < -0.39 is 0 Å². The molecule has 1 fully saturated rings. The summed E-state index contributed by atoms with van der Waals surface area (Å²) in [7, 11) is 0. The van der Waals surface area contributed by atoms with Gasteiger partial charge in [-0.15, -0.1) is 0 Å². The number of hydrogen-bond acceptors (Lipinski definition) is 4. The van der Waals surface area contributed by atoms with Crippen LogP contribution in [0, 0.1) is 6.92 Å². The monoisotopic (exact) mass is 249 g/mol. The Morgan fingerprint density at radius 3 is 2.83 bits per heavy atom. The molecule has 0 radical (unpaired) electrons. The molecule has 1 heterocycles. The summed E-state index contributed by atoms with van der Waals surface area (Å²) < 4.78 is 5.36. The highest BCUT2D eigenvalue weighted by atomic mass is 16.5. The van der Waals surface area contributed by atoms with Crippen molar-refractivity contribution in [1.29, 1.82) is 0 Å². The second kappa shape index (κ2) is 6.07. The van der Waals surface area contributed by atoms with Crippen LogP contribution in [0.1, 0.15) is 12.5 Å². The molecule has 4 nitrogen and oxygen atoms in total. The molecule has 3 N–H and O–H groups in total. The first kappa shape index (κ1) is 13.2. The highest BCUT2D eigenvalue weighted by Gasteiger charge is 2.13. The maximum absolute atomic E-state index is 5.82. The van der Waals surface area contributed by atoms with E-state index in [-0.39, 0.29) is 0 Å². The maximum atomic E-state index is 5.82. The third-order valence-corrected chi connectivity index (χ3v) is 3.30. The number of rotatable bonds is 4. The predicted octanol–water partition coefficient (Wildman–Crippen LogP) is 1.71. The van der Waals surface area contributed by atoms with Gasteiger partial charge < -0.3 is 15.8 Å². The molecular formula is C14H23N3O. The lowest BCUT2D eigenvalue weighted by Gasteiger charge is -2.30.